The van der Waals surface area contributed by atoms with Crippen LogP contribution in [-0.4, -0.2) is 69.6 Å². The molecular weight excluding hydrogens is 398 g/mol. The Kier molecular flexibility index (Phi) is 6.46. The van der Waals surface area contributed by atoms with Gasteiger partial charge in [0.2, 0.25) is 0 Å². The van der Waals surface area contributed by atoms with Gasteiger partial charge in [0.25, 0.3) is 5.91 Å². The minimum absolute atomic E-state index is 0.0135. The van der Waals surface area contributed by atoms with Crippen molar-refractivity contribution in [1.29, 1.82) is 0 Å². The number of ether oxygens (including phenoxy) is 3. The average molecular weight is 423 g/mol. The largest absolute Gasteiger partial charge is 0.497 e. The zero-order chi connectivity index (χ0) is 21.0. The van der Waals surface area contributed by atoms with E-state index >= 15 is 0 Å². The third kappa shape index (κ3) is 5.50. The minimum atomic E-state index is -3.10. The Morgan fingerprint density at radius 2 is 1.90 bits per heavy atom. The lowest BCUT2D eigenvalue weighted by atomic mass is 10.2. The molecule has 0 aromatic heterocycles. The van der Waals surface area contributed by atoms with E-state index in [9.17, 15) is 18.0 Å². The summed E-state index contributed by atoms with van der Waals surface area (Å²) in [6, 6.07) is 4.90. The van der Waals surface area contributed by atoms with E-state index in [-0.39, 0.29) is 29.5 Å². The molecule has 1 aliphatic carbocycles. The van der Waals surface area contributed by atoms with E-state index in [1.165, 1.54) is 19.3 Å². The summed E-state index contributed by atoms with van der Waals surface area (Å²) in [5, 5.41) is 0. The maximum Gasteiger partial charge on any atom is 0.331 e. The third-order valence-corrected chi connectivity index (χ3v) is 6.76. The monoisotopic (exact) mass is 423 g/mol. The molecule has 1 heterocycles. The molecule has 1 amide bonds. The summed E-state index contributed by atoms with van der Waals surface area (Å²) in [4.78, 5) is 26.2. The van der Waals surface area contributed by atoms with Crippen LogP contribution in [0, 0.1) is 0 Å². The molecule has 0 unspecified atom stereocenters. The number of carbonyl (C=O) groups is 2. The SMILES string of the molecule is COc1ccc(/C=C/C(=O)OCC(=O)N(C2CC2)[C@H]2CCS(=O)(=O)C2)c(OC)c1. The van der Waals surface area contributed by atoms with Crippen LogP contribution in [0.4, 0.5) is 0 Å². The van der Waals surface area contributed by atoms with Crippen molar-refractivity contribution in [2.24, 2.45) is 0 Å². The number of benzene rings is 1. The normalized spacial score (nSPS) is 20.4. The first kappa shape index (κ1) is 21.2. The molecule has 1 atom stereocenters. The summed E-state index contributed by atoms with van der Waals surface area (Å²) in [6.07, 6.45) is 4.91. The highest BCUT2D eigenvalue weighted by Crippen LogP contribution is 2.32. The van der Waals surface area contributed by atoms with E-state index in [2.05, 4.69) is 0 Å². The molecule has 0 N–H and O–H groups in total. The zero-order valence-electron chi connectivity index (χ0n) is 16.5. The van der Waals surface area contributed by atoms with Gasteiger partial charge in [-0.1, -0.05) is 0 Å². The van der Waals surface area contributed by atoms with Crippen LogP contribution in [0.3, 0.4) is 0 Å². The number of esters is 1. The molecule has 8 nitrogen and oxygen atoms in total. The van der Waals surface area contributed by atoms with Gasteiger partial charge in [-0.15, -0.1) is 0 Å². The Morgan fingerprint density at radius 3 is 2.48 bits per heavy atom. The van der Waals surface area contributed by atoms with Gasteiger partial charge in [-0.05, 0) is 37.5 Å². The van der Waals surface area contributed by atoms with Crippen LogP contribution in [0.15, 0.2) is 24.3 Å². The van der Waals surface area contributed by atoms with E-state index in [0.717, 1.165) is 12.8 Å². The van der Waals surface area contributed by atoms with Gasteiger partial charge in [-0.3, -0.25) is 4.79 Å². The number of sulfone groups is 1. The predicted octanol–water partition coefficient (Wildman–Crippen LogP) is 1.44. The van der Waals surface area contributed by atoms with Crippen LogP contribution in [0.5, 0.6) is 11.5 Å². The van der Waals surface area contributed by atoms with E-state index in [4.69, 9.17) is 14.2 Å². The summed E-state index contributed by atoms with van der Waals surface area (Å²) < 4.78 is 39.0. The van der Waals surface area contributed by atoms with Crippen molar-refractivity contribution in [2.75, 3.05) is 32.3 Å². The molecule has 2 aliphatic rings. The van der Waals surface area contributed by atoms with Crippen LogP contribution >= 0.6 is 0 Å². The van der Waals surface area contributed by atoms with E-state index in [1.54, 1.807) is 30.2 Å². The predicted molar refractivity (Wildman–Crippen MR) is 106 cm³/mol. The van der Waals surface area contributed by atoms with Crippen LogP contribution in [0.25, 0.3) is 6.08 Å². The molecule has 1 aromatic rings. The Balaban J connectivity index is 1.57. The lowest BCUT2D eigenvalue weighted by molar-refractivity contribution is -0.149. The summed E-state index contributed by atoms with van der Waals surface area (Å²) in [6.45, 7) is -0.407. The van der Waals surface area contributed by atoms with Gasteiger partial charge in [0.05, 0.1) is 25.7 Å². The molecule has 1 saturated heterocycles. The van der Waals surface area contributed by atoms with Crippen molar-refractivity contribution >= 4 is 27.8 Å². The number of amides is 1. The van der Waals surface area contributed by atoms with Crippen molar-refractivity contribution in [3.63, 3.8) is 0 Å². The Morgan fingerprint density at radius 1 is 1.14 bits per heavy atom. The average Bonchev–Trinajstić information content (AvgIpc) is 3.47. The topological polar surface area (TPSA) is 99.2 Å². The fourth-order valence-corrected chi connectivity index (χ4v) is 5.13. The molecule has 9 heteroatoms. The van der Waals surface area contributed by atoms with Crippen LogP contribution in [-0.2, 0) is 24.2 Å². The number of nitrogens with zero attached hydrogens (tertiary/aromatic N) is 1. The smallest absolute Gasteiger partial charge is 0.331 e. The van der Waals surface area contributed by atoms with Gasteiger partial charge in [0.1, 0.15) is 11.5 Å². The lowest BCUT2D eigenvalue weighted by Crippen LogP contribution is -2.44. The van der Waals surface area contributed by atoms with Crippen LogP contribution < -0.4 is 9.47 Å². The van der Waals surface area contributed by atoms with Gasteiger partial charge in [0.15, 0.2) is 16.4 Å². The Bertz CT molecular complexity index is 905. The molecule has 1 saturated carbocycles. The first-order valence-corrected chi connectivity index (χ1v) is 11.2. The van der Waals surface area contributed by atoms with Crippen molar-refractivity contribution < 1.29 is 32.2 Å². The standard InChI is InChI=1S/C20H25NO7S/c1-26-17-7-3-14(18(11-17)27-2)4-8-20(23)28-12-19(22)21(15-5-6-15)16-9-10-29(24,25)13-16/h3-4,7-8,11,15-16H,5-6,9-10,12-13H2,1-2H3/b8-4+/t16-/m0/s1. The van der Waals surface area contributed by atoms with Crippen molar-refractivity contribution in [2.45, 2.75) is 31.3 Å². The number of carbonyl (C=O) groups excluding carboxylic acids is 2. The Hall–Kier alpha value is -2.55. The summed E-state index contributed by atoms with van der Waals surface area (Å²) in [5.74, 6) is 0.235. The molecular formula is C20H25NO7S. The number of hydrogen-bond donors (Lipinski definition) is 0. The zero-order valence-corrected chi connectivity index (χ0v) is 17.3. The van der Waals surface area contributed by atoms with Gasteiger partial charge < -0.3 is 19.1 Å². The second kappa shape index (κ2) is 8.86. The van der Waals surface area contributed by atoms with E-state index in [1.807, 2.05) is 0 Å². The second-order valence-corrected chi connectivity index (χ2v) is 9.37. The van der Waals surface area contributed by atoms with E-state index in [0.29, 0.717) is 23.5 Å². The highest BCUT2D eigenvalue weighted by Gasteiger charge is 2.42. The quantitative estimate of drug-likeness (QED) is 0.461. The molecule has 0 radical (unpaired) electrons. The molecule has 3 rings (SSSR count). The van der Waals surface area contributed by atoms with Crippen molar-refractivity contribution in [3.8, 4) is 11.5 Å². The van der Waals surface area contributed by atoms with Gasteiger partial charge in [-0.25, -0.2) is 13.2 Å². The van der Waals surface area contributed by atoms with Gasteiger partial charge in [-0.2, -0.15) is 0 Å². The second-order valence-electron chi connectivity index (χ2n) is 7.14. The molecule has 1 aliphatic heterocycles. The molecule has 29 heavy (non-hydrogen) atoms. The molecule has 1 aromatic carbocycles. The summed E-state index contributed by atoms with van der Waals surface area (Å²) in [5.41, 5.74) is 0.660. The van der Waals surface area contributed by atoms with Gasteiger partial charge >= 0.3 is 5.97 Å². The first-order valence-electron chi connectivity index (χ1n) is 9.41. The molecule has 2 fully saturated rings. The molecule has 158 valence electrons. The Labute approximate surface area is 170 Å². The molecule has 0 spiro atoms. The van der Waals surface area contributed by atoms with Gasteiger partial charge in [0, 0.05) is 29.8 Å². The van der Waals surface area contributed by atoms with E-state index < -0.39 is 22.4 Å². The fourth-order valence-electron chi connectivity index (χ4n) is 3.42. The maximum absolute atomic E-state index is 12.6. The summed E-state index contributed by atoms with van der Waals surface area (Å²) >= 11 is 0. The molecule has 0 bridgehead atoms. The third-order valence-electron chi connectivity index (χ3n) is 5.01. The summed E-state index contributed by atoms with van der Waals surface area (Å²) in [7, 11) is -0.0367. The van der Waals surface area contributed by atoms with Crippen LogP contribution in [0.2, 0.25) is 0 Å². The highest BCUT2D eigenvalue weighted by atomic mass is 32.2. The number of methoxy groups -OCH3 is 2. The van der Waals surface area contributed by atoms with Crippen molar-refractivity contribution in [1.82, 2.24) is 4.90 Å². The highest BCUT2D eigenvalue weighted by molar-refractivity contribution is 7.91. The lowest BCUT2D eigenvalue weighted by Gasteiger charge is -2.28. The minimum Gasteiger partial charge on any atom is -0.497 e. The maximum atomic E-state index is 12.6. The number of hydrogen-bond acceptors (Lipinski definition) is 7. The fraction of sp³-hybridized carbons (Fsp3) is 0.500. The van der Waals surface area contributed by atoms with Crippen LogP contribution in [0.1, 0.15) is 24.8 Å². The van der Waals surface area contributed by atoms with Crippen molar-refractivity contribution in [3.05, 3.63) is 29.8 Å². The number of rotatable bonds is 8. The first-order chi connectivity index (χ1) is 13.8.